The van der Waals surface area contributed by atoms with E-state index in [2.05, 4.69) is 5.32 Å². The predicted molar refractivity (Wildman–Crippen MR) is 86.0 cm³/mol. The highest BCUT2D eigenvalue weighted by atomic mass is 35.5. The van der Waals surface area contributed by atoms with Crippen molar-refractivity contribution in [3.8, 4) is 5.75 Å². The van der Waals surface area contributed by atoms with Gasteiger partial charge in [0.2, 0.25) is 5.82 Å². The molecule has 0 aliphatic carbocycles. The molecule has 1 fully saturated rings. The number of hydrogen-bond acceptors (Lipinski definition) is 3. The van der Waals surface area contributed by atoms with Crippen LogP contribution < -0.4 is 10.1 Å². The van der Waals surface area contributed by atoms with Crippen LogP contribution in [-0.4, -0.2) is 25.8 Å². The Morgan fingerprint density at radius 1 is 1.12 bits per heavy atom. The second-order valence-electron chi connectivity index (χ2n) is 5.26. The summed E-state index contributed by atoms with van der Waals surface area (Å²) in [6, 6.07) is 9.53. The minimum atomic E-state index is -1.07. The van der Waals surface area contributed by atoms with E-state index in [9.17, 15) is 13.2 Å². The van der Waals surface area contributed by atoms with Gasteiger partial charge in [0.25, 0.3) is 0 Å². The summed E-state index contributed by atoms with van der Waals surface area (Å²) >= 11 is 0. The fourth-order valence-electron chi connectivity index (χ4n) is 2.53. The third-order valence-electron chi connectivity index (χ3n) is 3.64. The Labute approximate surface area is 144 Å². The number of benzene rings is 2. The molecule has 0 saturated carbocycles. The standard InChI is InChI=1S/C17H16F3NO2.ClH/c18-12-4-1-3-11(9-12)17(15-10-21-7-8-22-15)23-14-6-2-5-13(19)16(14)20;/h1-6,9,15,17,21H,7-8,10H2;1H/t15-,17?;/m0./s1. The number of morpholine rings is 1. The maximum Gasteiger partial charge on any atom is 0.200 e. The van der Waals surface area contributed by atoms with E-state index in [0.29, 0.717) is 25.3 Å². The van der Waals surface area contributed by atoms with Crippen molar-refractivity contribution in [2.45, 2.75) is 12.2 Å². The number of rotatable bonds is 4. The predicted octanol–water partition coefficient (Wildman–Crippen LogP) is 3.63. The van der Waals surface area contributed by atoms with Crippen molar-refractivity contribution in [1.82, 2.24) is 5.32 Å². The second kappa shape index (κ2) is 8.37. The van der Waals surface area contributed by atoms with Crippen LogP contribution in [0.2, 0.25) is 0 Å². The molecule has 1 N–H and O–H groups in total. The lowest BCUT2D eigenvalue weighted by atomic mass is 10.0. The van der Waals surface area contributed by atoms with Gasteiger partial charge in [-0.05, 0) is 29.8 Å². The molecule has 130 valence electrons. The van der Waals surface area contributed by atoms with E-state index in [4.69, 9.17) is 9.47 Å². The van der Waals surface area contributed by atoms with Gasteiger partial charge in [-0.1, -0.05) is 18.2 Å². The second-order valence-corrected chi connectivity index (χ2v) is 5.26. The Bertz CT molecular complexity index is 681. The number of hydrogen-bond donors (Lipinski definition) is 1. The Morgan fingerprint density at radius 3 is 2.62 bits per heavy atom. The van der Waals surface area contributed by atoms with Gasteiger partial charge in [-0.25, -0.2) is 8.78 Å². The topological polar surface area (TPSA) is 30.5 Å². The van der Waals surface area contributed by atoms with Crippen LogP contribution in [-0.2, 0) is 4.74 Å². The molecule has 1 unspecified atom stereocenters. The van der Waals surface area contributed by atoms with Crippen LogP contribution in [0.1, 0.15) is 11.7 Å². The fraction of sp³-hybridized carbons (Fsp3) is 0.294. The zero-order valence-electron chi connectivity index (χ0n) is 12.7. The minimum absolute atomic E-state index is 0. The molecule has 0 spiro atoms. The highest BCUT2D eigenvalue weighted by Gasteiger charge is 2.29. The molecule has 0 radical (unpaired) electrons. The van der Waals surface area contributed by atoms with E-state index in [1.807, 2.05) is 0 Å². The van der Waals surface area contributed by atoms with E-state index < -0.39 is 29.7 Å². The molecule has 2 aromatic carbocycles. The van der Waals surface area contributed by atoms with Crippen molar-refractivity contribution >= 4 is 12.4 Å². The molecule has 2 aromatic rings. The molecule has 2 atom stereocenters. The summed E-state index contributed by atoms with van der Waals surface area (Å²) in [5, 5.41) is 3.14. The van der Waals surface area contributed by atoms with Gasteiger partial charge >= 0.3 is 0 Å². The quantitative estimate of drug-likeness (QED) is 0.904. The van der Waals surface area contributed by atoms with Crippen LogP contribution in [0.15, 0.2) is 42.5 Å². The lowest BCUT2D eigenvalue weighted by Crippen LogP contribution is -2.43. The summed E-state index contributed by atoms with van der Waals surface area (Å²) in [7, 11) is 0. The van der Waals surface area contributed by atoms with E-state index in [1.54, 1.807) is 12.1 Å². The van der Waals surface area contributed by atoms with Crippen LogP contribution in [0.25, 0.3) is 0 Å². The van der Waals surface area contributed by atoms with Crippen LogP contribution in [0.3, 0.4) is 0 Å². The SMILES string of the molecule is Cl.Fc1cccc(C(Oc2cccc(F)c2F)[C@@H]2CNCCO2)c1. The van der Waals surface area contributed by atoms with Gasteiger partial charge in [0, 0.05) is 13.1 Å². The summed E-state index contributed by atoms with van der Waals surface area (Å²) in [6.07, 6.45) is -1.19. The molecule has 24 heavy (non-hydrogen) atoms. The smallest absolute Gasteiger partial charge is 0.200 e. The van der Waals surface area contributed by atoms with Gasteiger partial charge < -0.3 is 14.8 Å². The average molecular weight is 360 g/mol. The first-order valence-corrected chi connectivity index (χ1v) is 7.33. The Kier molecular flexibility index (Phi) is 6.48. The van der Waals surface area contributed by atoms with Gasteiger partial charge in [-0.3, -0.25) is 0 Å². The third-order valence-corrected chi connectivity index (χ3v) is 3.64. The molecular weight excluding hydrogens is 343 g/mol. The van der Waals surface area contributed by atoms with E-state index in [1.165, 1.54) is 24.3 Å². The molecule has 0 amide bonds. The molecule has 0 bridgehead atoms. The highest BCUT2D eigenvalue weighted by Crippen LogP contribution is 2.30. The zero-order valence-corrected chi connectivity index (χ0v) is 13.5. The normalized spacial score (nSPS) is 18.5. The van der Waals surface area contributed by atoms with Gasteiger partial charge in [-0.2, -0.15) is 4.39 Å². The average Bonchev–Trinajstić information content (AvgIpc) is 2.57. The summed E-state index contributed by atoms with van der Waals surface area (Å²) < 4.78 is 52.1. The summed E-state index contributed by atoms with van der Waals surface area (Å²) in [5.74, 6) is -2.73. The maximum atomic E-state index is 13.9. The molecule has 1 heterocycles. The third kappa shape index (κ3) is 4.20. The van der Waals surface area contributed by atoms with Crippen LogP contribution in [0.4, 0.5) is 13.2 Å². The summed E-state index contributed by atoms with van der Waals surface area (Å²) in [4.78, 5) is 0. The van der Waals surface area contributed by atoms with Gasteiger partial charge in [-0.15, -0.1) is 12.4 Å². The van der Waals surface area contributed by atoms with Crippen molar-refractivity contribution in [3.05, 3.63) is 65.5 Å². The molecule has 1 aliphatic rings. The molecular formula is C17H17ClF3NO2. The van der Waals surface area contributed by atoms with E-state index in [-0.39, 0.29) is 18.2 Å². The highest BCUT2D eigenvalue weighted by molar-refractivity contribution is 5.85. The number of ether oxygens (including phenoxy) is 2. The molecule has 1 saturated heterocycles. The largest absolute Gasteiger partial charge is 0.480 e. The lowest BCUT2D eigenvalue weighted by molar-refractivity contribution is -0.0444. The van der Waals surface area contributed by atoms with E-state index >= 15 is 0 Å². The number of halogens is 4. The Balaban J connectivity index is 0.00000208. The van der Waals surface area contributed by atoms with Gasteiger partial charge in [0.05, 0.1) is 6.61 Å². The van der Waals surface area contributed by atoms with Crippen molar-refractivity contribution in [2.24, 2.45) is 0 Å². The fourth-order valence-corrected chi connectivity index (χ4v) is 2.53. The van der Waals surface area contributed by atoms with Crippen LogP contribution in [0, 0.1) is 17.5 Å². The molecule has 3 nitrogen and oxygen atoms in total. The van der Waals surface area contributed by atoms with Crippen LogP contribution >= 0.6 is 12.4 Å². The van der Waals surface area contributed by atoms with Gasteiger partial charge in [0.1, 0.15) is 11.9 Å². The summed E-state index contributed by atoms with van der Waals surface area (Å²) in [6.45, 7) is 1.63. The first-order chi connectivity index (χ1) is 11.1. The monoisotopic (exact) mass is 359 g/mol. The van der Waals surface area contributed by atoms with Crippen molar-refractivity contribution in [1.29, 1.82) is 0 Å². The Morgan fingerprint density at radius 2 is 1.92 bits per heavy atom. The molecule has 1 aliphatic heterocycles. The molecule has 7 heteroatoms. The van der Waals surface area contributed by atoms with Crippen molar-refractivity contribution < 1.29 is 22.6 Å². The maximum absolute atomic E-state index is 13.9. The van der Waals surface area contributed by atoms with Crippen LogP contribution in [0.5, 0.6) is 5.75 Å². The Hall–Kier alpha value is -1.76. The zero-order chi connectivity index (χ0) is 16.2. The minimum Gasteiger partial charge on any atom is -0.480 e. The first kappa shape index (κ1) is 18.6. The molecule has 0 aromatic heterocycles. The van der Waals surface area contributed by atoms with E-state index in [0.717, 1.165) is 6.07 Å². The first-order valence-electron chi connectivity index (χ1n) is 7.33. The lowest BCUT2D eigenvalue weighted by Gasteiger charge is -2.31. The van der Waals surface area contributed by atoms with Crippen molar-refractivity contribution in [3.63, 3.8) is 0 Å². The van der Waals surface area contributed by atoms with Gasteiger partial charge in [0.15, 0.2) is 17.7 Å². The van der Waals surface area contributed by atoms with Crippen molar-refractivity contribution in [2.75, 3.05) is 19.7 Å². The molecule has 3 rings (SSSR count). The number of nitrogens with one attached hydrogen (secondary N) is 1. The summed E-state index contributed by atoms with van der Waals surface area (Å²) in [5.41, 5.74) is 0.502.